The second-order valence-corrected chi connectivity index (χ2v) is 20.1. The Bertz CT molecular complexity index is 487. The van der Waals surface area contributed by atoms with Crippen molar-refractivity contribution >= 4 is 16.6 Å². The molecule has 1 rings (SSSR count). The fourth-order valence-corrected chi connectivity index (χ4v) is 4.49. The van der Waals surface area contributed by atoms with Crippen LogP contribution in [0.15, 0.2) is 11.8 Å². The molecule has 0 aromatic heterocycles. The van der Waals surface area contributed by atoms with Crippen LogP contribution in [0, 0.1) is 0 Å². The molecule has 1 heterocycles. The highest BCUT2D eigenvalue weighted by Gasteiger charge is 2.41. The molecule has 1 aliphatic rings. The Balaban J connectivity index is 2.70. The van der Waals surface area contributed by atoms with Gasteiger partial charge in [0.2, 0.25) is 8.32 Å². The van der Waals surface area contributed by atoms with E-state index in [4.69, 9.17) is 13.6 Å². The van der Waals surface area contributed by atoms with E-state index in [0.29, 0.717) is 6.61 Å². The Morgan fingerprint density at radius 3 is 2.04 bits per heavy atom. The summed E-state index contributed by atoms with van der Waals surface area (Å²) in [5.41, 5.74) is 0. The van der Waals surface area contributed by atoms with Gasteiger partial charge in [-0.15, -0.1) is 0 Å². The second kappa shape index (κ2) is 8.47. The molecule has 26 heavy (non-hydrogen) atoms. The molecule has 4 nitrogen and oxygen atoms in total. The third-order valence-corrected chi connectivity index (χ3v) is 15.2. The van der Waals surface area contributed by atoms with Gasteiger partial charge in [0.25, 0.3) is 0 Å². The van der Waals surface area contributed by atoms with Crippen LogP contribution in [0.1, 0.15) is 54.4 Å². The van der Waals surface area contributed by atoms with Crippen molar-refractivity contribution in [1.29, 1.82) is 0 Å². The van der Waals surface area contributed by atoms with Crippen LogP contribution in [0.4, 0.5) is 0 Å². The molecule has 0 bridgehead atoms. The summed E-state index contributed by atoms with van der Waals surface area (Å²) >= 11 is 0. The lowest BCUT2D eigenvalue weighted by atomic mass is 10.1. The van der Waals surface area contributed by atoms with E-state index >= 15 is 0 Å². The number of hydrogen-bond donors (Lipinski definition) is 1. The van der Waals surface area contributed by atoms with Crippen LogP contribution >= 0.6 is 0 Å². The van der Waals surface area contributed by atoms with E-state index in [2.05, 4.69) is 67.7 Å². The number of aliphatic hydroxyl groups excluding tert-OH is 1. The molecule has 0 saturated carbocycles. The number of rotatable bonds is 7. The number of ether oxygens (including phenoxy) is 1. The van der Waals surface area contributed by atoms with Crippen molar-refractivity contribution in [2.24, 2.45) is 0 Å². The van der Waals surface area contributed by atoms with E-state index in [0.717, 1.165) is 18.6 Å². The highest BCUT2D eigenvalue weighted by atomic mass is 28.4. The fourth-order valence-electron chi connectivity index (χ4n) is 2.32. The summed E-state index contributed by atoms with van der Waals surface area (Å²) in [5.74, 6) is 0.985. The van der Waals surface area contributed by atoms with Gasteiger partial charge in [0.15, 0.2) is 8.32 Å². The molecule has 0 aromatic carbocycles. The van der Waals surface area contributed by atoms with E-state index in [1.807, 2.05) is 6.08 Å². The Morgan fingerprint density at radius 1 is 1.04 bits per heavy atom. The van der Waals surface area contributed by atoms with Gasteiger partial charge in [0, 0.05) is 13.0 Å². The van der Waals surface area contributed by atoms with Gasteiger partial charge < -0.3 is 18.7 Å². The summed E-state index contributed by atoms with van der Waals surface area (Å²) in [6.45, 7) is 23.3. The zero-order valence-corrected chi connectivity index (χ0v) is 20.7. The van der Waals surface area contributed by atoms with Gasteiger partial charge in [0.05, 0.1) is 18.5 Å². The van der Waals surface area contributed by atoms with Crippen LogP contribution in [0.25, 0.3) is 0 Å². The maximum absolute atomic E-state index is 9.61. The highest BCUT2D eigenvalue weighted by Crippen LogP contribution is 2.40. The lowest BCUT2D eigenvalue weighted by molar-refractivity contribution is -0.0388. The normalized spacial score (nSPS) is 23.0. The molecule has 0 amide bonds. The highest BCUT2D eigenvalue weighted by molar-refractivity contribution is 6.74. The Labute approximate surface area is 163 Å². The molecule has 1 aliphatic heterocycles. The first kappa shape index (κ1) is 23.9. The molecule has 0 aliphatic carbocycles. The van der Waals surface area contributed by atoms with Crippen molar-refractivity contribution in [1.82, 2.24) is 0 Å². The van der Waals surface area contributed by atoms with E-state index in [-0.39, 0.29) is 28.9 Å². The van der Waals surface area contributed by atoms with Crippen LogP contribution in [-0.4, -0.2) is 47.2 Å². The molecule has 6 heteroatoms. The molecule has 0 saturated heterocycles. The lowest BCUT2D eigenvalue weighted by Crippen LogP contribution is -2.43. The van der Waals surface area contributed by atoms with Gasteiger partial charge >= 0.3 is 0 Å². The average Bonchev–Trinajstić information content (AvgIpc) is 2.43. The monoisotopic (exact) mass is 402 g/mol. The van der Waals surface area contributed by atoms with Gasteiger partial charge in [0.1, 0.15) is 6.10 Å². The van der Waals surface area contributed by atoms with E-state index < -0.39 is 16.6 Å². The topological polar surface area (TPSA) is 47.9 Å². The van der Waals surface area contributed by atoms with Crippen molar-refractivity contribution in [2.75, 3.05) is 13.2 Å². The summed E-state index contributed by atoms with van der Waals surface area (Å²) < 4.78 is 18.8. The molecule has 154 valence electrons. The molecule has 0 aromatic rings. The predicted octanol–water partition coefficient (Wildman–Crippen LogP) is 5.45. The van der Waals surface area contributed by atoms with Gasteiger partial charge in [-0.3, -0.25) is 0 Å². The van der Waals surface area contributed by atoms with Crippen LogP contribution in [0.5, 0.6) is 0 Å². The lowest BCUT2D eigenvalue weighted by Gasteiger charge is -2.40. The number of aliphatic hydroxyl groups is 1. The largest absolute Gasteiger partial charge is 0.547 e. The molecule has 1 N–H and O–H groups in total. The number of hydrogen-bond acceptors (Lipinski definition) is 4. The standard InChI is InChI=1S/C20H42O4Si2/c1-19(2,3)25(7,8)22-12-11-16-13-17(14-18(15-21)23-16)24-26(9,10)20(4,5)6/h14,16,18,21H,11-13,15H2,1-10H3/t16-,18-/m1/s1. The minimum atomic E-state index is -1.88. The van der Waals surface area contributed by atoms with E-state index in [9.17, 15) is 5.11 Å². The predicted molar refractivity (Wildman–Crippen MR) is 114 cm³/mol. The Hall–Kier alpha value is -0.146. The molecule has 0 spiro atoms. The van der Waals surface area contributed by atoms with Gasteiger partial charge in [-0.25, -0.2) is 0 Å². The Kier molecular flexibility index (Phi) is 7.79. The summed E-state index contributed by atoms with van der Waals surface area (Å²) in [6, 6.07) is 0. The molecular weight excluding hydrogens is 360 g/mol. The smallest absolute Gasteiger partial charge is 0.250 e. The third-order valence-electron chi connectivity index (χ3n) is 6.25. The van der Waals surface area contributed by atoms with E-state index in [1.165, 1.54) is 0 Å². The van der Waals surface area contributed by atoms with Crippen LogP contribution in [0.2, 0.25) is 36.3 Å². The van der Waals surface area contributed by atoms with Crippen molar-refractivity contribution in [3.8, 4) is 0 Å². The van der Waals surface area contributed by atoms with Crippen molar-refractivity contribution in [3.05, 3.63) is 11.8 Å². The molecule has 0 fully saturated rings. The maximum Gasteiger partial charge on any atom is 0.250 e. The molecular formula is C20H42O4Si2. The average molecular weight is 403 g/mol. The van der Waals surface area contributed by atoms with Crippen molar-refractivity contribution < 1.29 is 18.7 Å². The zero-order chi connectivity index (χ0) is 20.4. The first-order valence-electron chi connectivity index (χ1n) is 9.89. The van der Waals surface area contributed by atoms with Gasteiger partial charge in [-0.2, -0.15) is 0 Å². The second-order valence-electron chi connectivity index (χ2n) is 10.6. The zero-order valence-electron chi connectivity index (χ0n) is 18.7. The first-order chi connectivity index (χ1) is 11.6. The van der Waals surface area contributed by atoms with Crippen LogP contribution in [0.3, 0.4) is 0 Å². The van der Waals surface area contributed by atoms with E-state index in [1.54, 1.807) is 0 Å². The maximum atomic E-state index is 9.61. The fraction of sp³-hybridized carbons (Fsp3) is 0.900. The SMILES string of the molecule is CC(C)(C)[Si](C)(C)OCC[C@@H]1CC(O[Si](C)(C)C(C)(C)C)=C[C@H](CO)O1. The minimum Gasteiger partial charge on any atom is -0.547 e. The summed E-state index contributed by atoms with van der Waals surface area (Å²) in [4.78, 5) is 0. The van der Waals surface area contributed by atoms with Crippen LogP contribution in [-0.2, 0) is 13.6 Å². The van der Waals surface area contributed by atoms with Gasteiger partial charge in [-0.05, 0) is 48.8 Å². The molecule has 0 unspecified atom stereocenters. The Morgan fingerprint density at radius 2 is 1.58 bits per heavy atom. The van der Waals surface area contributed by atoms with Gasteiger partial charge in [-0.1, -0.05) is 41.5 Å². The molecule has 2 atom stereocenters. The summed E-state index contributed by atoms with van der Waals surface area (Å²) in [7, 11) is -3.62. The molecule has 0 radical (unpaired) electrons. The van der Waals surface area contributed by atoms with Crippen LogP contribution < -0.4 is 0 Å². The third kappa shape index (κ3) is 6.48. The summed E-state index contributed by atoms with van der Waals surface area (Å²) in [5, 5.41) is 9.98. The summed E-state index contributed by atoms with van der Waals surface area (Å²) in [6.07, 6.45) is 3.33. The van der Waals surface area contributed by atoms with Crippen molar-refractivity contribution in [2.45, 2.75) is 103 Å². The minimum absolute atomic E-state index is 0.00997. The first-order valence-corrected chi connectivity index (χ1v) is 15.7. The quantitative estimate of drug-likeness (QED) is 0.575. The van der Waals surface area contributed by atoms with Crippen molar-refractivity contribution in [3.63, 3.8) is 0 Å².